The molecule has 2 heteroatoms. The summed E-state index contributed by atoms with van der Waals surface area (Å²) in [7, 11) is 2.17. The molecule has 1 rings (SSSR count). The van der Waals surface area contributed by atoms with Crippen LogP contribution in [0.25, 0.3) is 0 Å². The van der Waals surface area contributed by atoms with Gasteiger partial charge in [-0.1, -0.05) is 19.9 Å². The molecule has 0 aliphatic heterocycles. The van der Waals surface area contributed by atoms with Crippen molar-refractivity contribution < 1.29 is 0 Å². The average Bonchev–Trinajstić information content (AvgIpc) is 2.25. The molecule has 1 aromatic rings. The van der Waals surface area contributed by atoms with E-state index in [0.29, 0.717) is 5.92 Å². The van der Waals surface area contributed by atoms with Crippen molar-refractivity contribution in [3.8, 4) is 0 Å². The number of nitrogens with one attached hydrogen (secondary N) is 1. The molecule has 0 aliphatic carbocycles. The van der Waals surface area contributed by atoms with Gasteiger partial charge in [0.15, 0.2) is 0 Å². The molecule has 0 fully saturated rings. The Morgan fingerprint density at radius 1 is 1.21 bits per heavy atom. The maximum Gasteiger partial charge on any atom is 0.0366 e. The van der Waals surface area contributed by atoms with Crippen molar-refractivity contribution >= 4 is 5.69 Å². The van der Waals surface area contributed by atoms with Gasteiger partial charge >= 0.3 is 0 Å². The second kappa shape index (κ2) is 6.42. The van der Waals surface area contributed by atoms with Crippen molar-refractivity contribution in [2.75, 3.05) is 18.5 Å². The number of anilines is 1. The van der Waals surface area contributed by atoms with Crippen LogP contribution in [0.5, 0.6) is 0 Å². The zero-order chi connectivity index (χ0) is 14.6. The Morgan fingerprint density at radius 2 is 1.84 bits per heavy atom. The SMILES string of the molecule is Cc1cc(N(C)CC(C)C)ccc1CNC(C)(C)C. The molecule has 0 atom stereocenters. The quantitative estimate of drug-likeness (QED) is 0.863. The monoisotopic (exact) mass is 262 g/mol. The van der Waals surface area contributed by atoms with E-state index < -0.39 is 0 Å². The molecular formula is C17H30N2. The van der Waals surface area contributed by atoms with E-state index in [9.17, 15) is 0 Å². The highest BCUT2D eigenvalue weighted by Crippen LogP contribution is 2.19. The van der Waals surface area contributed by atoms with Crippen LogP contribution in [0, 0.1) is 12.8 Å². The lowest BCUT2D eigenvalue weighted by Crippen LogP contribution is -2.35. The van der Waals surface area contributed by atoms with Crippen LogP contribution < -0.4 is 10.2 Å². The first kappa shape index (κ1) is 16.0. The van der Waals surface area contributed by atoms with E-state index in [0.717, 1.165) is 13.1 Å². The molecule has 0 spiro atoms. The minimum absolute atomic E-state index is 0.166. The molecule has 0 unspecified atom stereocenters. The number of aryl methyl sites for hydroxylation is 1. The summed E-state index contributed by atoms with van der Waals surface area (Å²) < 4.78 is 0. The van der Waals surface area contributed by atoms with Crippen molar-refractivity contribution in [2.45, 2.75) is 53.6 Å². The van der Waals surface area contributed by atoms with Crippen LogP contribution in [0.4, 0.5) is 5.69 Å². The summed E-state index contributed by atoms with van der Waals surface area (Å²) in [6.07, 6.45) is 0. The summed E-state index contributed by atoms with van der Waals surface area (Å²) in [5.41, 5.74) is 4.23. The number of hydrogen-bond acceptors (Lipinski definition) is 2. The van der Waals surface area contributed by atoms with Gasteiger partial charge in [-0.05, 0) is 56.9 Å². The number of rotatable bonds is 5. The zero-order valence-corrected chi connectivity index (χ0v) is 13.7. The predicted molar refractivity (Wildman–Crippen MR) is 85.9 cm³/mol. The molecule has 1 N–H and O–H groups in total. The topological polar surface area (TPSA) is 15.3 Å². The third-order valence-corrected chi connectivity index (χ3v) is 3.22. The first-order valence-corrected chi connectivity index (χ1v) is 7.25. The third kappa shape index (κ3) is 5.65. The summed E-state index contributed by atoms with van der Waals surface area (Å²) in [6.45, 7) is 15.3. The lowest BCUT2D eigenvalue weighted by Gasteiger charge is -2.24. The highest BCUT2D eigenvalue weighted by atomic mass is 15.1. The third-order valence-electron chi connectivity index (χ3n) is 3.22. The van der Waals surface area contributed by atoms with Gasteiger partial charge in [0.05, 0.1) is 0 Å². The van der Waals surface area contributed by atoms with Crippen LogP contribution in [-0.2, 0) is 6.54 Å². The zero-order valence-electron chi connectivity index (χ0n) is 13.7. The summed E-state index contributed by atoms with van der Waals surface area (Å²) in [6, 6.07) is 6.78. The first-order chi connectivity index (χ1) is 8.69. The van der Waals surface area contributed by atoms with Crippen LogP contribution in [-0.4, -0.2) is 19.1 Å². The largest absolute Gasteiger partial charge is 0.374 e. The fourth-order valence-electron chi connectivity index (χ4n) is 2.13. The summed E-state index contributed by atoms with van der Waals surface area (Å²) in [5.74, 6) is 0.688. The minimum atomic E-state index is 0.166. The Kier molecular flexibility index (Phi) is 5.42. The lowest BCUT2D eigenvalue weighted by molar-refractivity contribution is 0.424. The van der Waals surface area contributed by atoms with Gasteiger partial charge in [-0.3, -0.25) is 0 Å². The lowest BCUT2D eigenvalue weighted by atomic mass is 10.0. The first-order valence-electron chi connectivity index (χ1n) is 7.25. The van der Waals surface area contributed by atoms with Gasteiger partial charge in [-0.25, -0.2) is 0 Å². The van der Waals surface area contributed by atoms with Crippen LogP contribution in [0.3, 0.4) is 0 Å². The van der Waals surface area contributed by atoms with Crippen molar-refractivity contribution in [1.29, 1.82) is 0 Å². The molecular weight excluding hydrogens is 232 g/mol. The van der Waals surface area contributed by atoms with Crippen molar-refractivity contribution in [3.05, 3.63) is 29.3 Å². The van der Waals surface area contributed by atoms with Crippen molar-refractivity contribution in [2.24, 2.45) is 5.92 Å². The Morgan fingerprint density at radius 3 is 2.32 bits per heavy atom. The average molecular weight is 262 g/mol. The fraction of sp³-hybridized carbons (Fsp3) is 0.647. The molecule has 0 saturated heterocycles. The van der Waals surface area contributed by atoms with E-state index in [1.165, 1.54) is 16.8 Å². The van der Waals surface area contributed by atoms with Gasteiger partial charge in [0.2, 0.25) is 0 Å². The smallest absolute Gasteiger partial charge is 0.0366 e. The Bertz CT molecular complexity index is 402. The number of benzene rings is 1. The Balaban J connectivity index is 2.74. The van der Waals surface area contributed by atoms with E-state index in [4.69, 9.17) is 0 Å². The molecule has 1 aromatic carbocycles. The molecule has 108 valence electrons. The fourth-order valence-corrected chi connectivity index (χ4v) is 2.13. The minimum Gasteiger partial charge on any atom is -0.374 e. The maximum atomic E-state index is 3.55. The molecule has 0 radical (unpaired) electrons. The van der Waals surface area contributed by atoms with Crippen molar-refractivity contribution in [3.63, 3.8) is 0 Å². The summed E-state index contributed by atoms with van der Waals surface area (Å²) in [4.78, 5) is 2.33. The highest BCUT2D eigenvalue weighted by molar-refractivity contribution is 5.50. The van der Waals surface area contributed by atoms with Crippen LogP contribution in [0.2, 0.25) is 0 Å². The molecule has 0 aliphatic rings. The van der Waals surface area contributed by atoms with E-state index in [-0.39, 0.29) is 5.54 Å². The normalized spacial score (nSPS) is 12.0. The molecule has 0 saturated carbocycles. The van der Waals surface area contributed by atoms with Gasteiger partial charge in [-0.2, -0.15) is 0 Å². The Hall–Kier alpha value is -1.02. The van der Waals surface area contributed by atoms with Crippen LogP contribution >= 0.6 is 0 Å². The van der Waals surface area contributed by atoms with Gasteiger partial charge in [-0.15, -0.1) is 0 Å². The second-order valence-electron chi connectivity index (χ2n) is 6.99. The van der Waals surface area contributed by atoms with Gasteiger partial charge in [0.25, 0.3) is 0 Å². The Labute approximate surface area is 119 Å². The second-order valence-corrected chi connectivity index (χ2v) is 6.99. The van der Waals surface area contributed by atoms with E-state index in [2.05, 4.69) is 77.0 Å². The van der Waals surface area contributed by atoms with E-state index in [1.807, 2.05) is 0 Å². The highest BCUT2D eigenvalue weighted by Gasteiger charge is 2.10. The number of hydrogen-bond donors (Lipinski definition) is 1. The summed E-state index contributed by atoms with van der Waals surface area (Å²) >= 11 is 0. The molecule has 19 heavy (non-hydrogen) atoms. The van der Waals surface area contributed by atoms with Crippen LogP contribution in [0.15, 0.2) is 18.2 Å². The molecule has 0 amide bonds. The van der Waals surface area contributed by atoms with Crippen molar-refractivity contribution in [1.82, 2.24) is 5.32 Å². The standard InChI is InChI=1S/C17H30N2/c1-13(2)12-19(7)16-9-8-15(14(3)10-16)11-18-17(4,5)6/h8-10,13,18H,11-12H2,1-7H3. The number of nitrogens with zero attached hydrogens (tertiary/aromatic N) is 1. The van der Waals surface area contributed by atoms with Gasteiger partial charge < -0.3 is 10.2 Å². The van der Waals surface area contributed by atoms with Gasteiger partial charge in [0.1, 0.15) is 0 Å². The summed E-state index contributed by atoms with van der Waals surface area (Å²) in [5, 5.41) is 3.55. The molecule has 0 aromatic heterocycles. The van der Waals surface area contributed by atoms with Gasteiger partial charge in [0, 0.05) is 31.4 Å². The van der Waals surface area contributed by atoms with E-state index >= 15 is 0 Å². The predicted octanol–water partition coefficient (Wildman–Crippen LogP) is 3.98. The molecule has 0 bridgehead atoms. The van der Waals surface area contributed by atoms with E-state index in [1.54, 1.807) is 0 Å². The molecule has 0 heterocycles. The maximum absolute atomic E-state index is 3.55. The van der Waals surface area contributed by atoms with Crippen LogP contribution in [0.1, 0.15) is 45.7 Å². The molecule has 2 nitrogen and oxygen atoms in total.